The van der Waals surface area contributed by atoms with Crippen LogP contribution in [0.2, 0.25) is 0 Å². The van der Waals surface area contributed by atoms with Gasteiger partial charge in [0.2, 0.25) is 5.91 Å². The van der Waals surface area contributed by atoms with Gasteiger partial charge in [0.15, 0.2) is 0 Å². The Morgan fingerprint density at radius 2 is 2.24 bits per heavy atom. The van der Waals surface area contributed by atoms with Crippen LogP contribution in [0.15, 0.2) is 18.3 Å². The number of hydrogen-bond acceptors (Lipinski definition) is 3. The molecule has 1 heterocycles. The smallest absolute Gasteiger partial charge is 0.250 e. The van der Waals surface area contributed by atoms with Crippen molar-refractivity contribution in [1.29, 1.82) is 0 Å². The van der Waals surface area contributed by atoms with E-state index in [0.717, 1.165) is 18.3 Å². The van der Waals surface area contributed by atoms with Crippen molar-refractivity contribution in [2.75, 3.05) is 11.9 Å². The molecule has 17 heavy (non-hydrogen) atoms. The minimum absolute atomic E-state index is 0.430. The third-order valence-corrected chi connectivity index (χ3v) is 4.01. The number of nitrogens with zero attached hydrogens (tertiary/aromatic N) is 1. The number of carbonyl (C=O) groups excluding carboxylic acids is 1. The van der Waals surface area contributed by atoms with Gasteiger partial charge in [-0.15, -0.1) is 0 Å². The number of primary amides is 1. The van der Waals surface area contributed by atoms with Gasteiger partial charge in [-0.25, -0.2) is 4.98 Å². The number of nitrogens with two attached hydrogens (primary N) is 1. The third kappa shape index (κ3) is 2.12. The summed E-state index contributed by atoms with van der Waals surface area (Å²) in [6, 6.07) is 3.54. The summed E-state index contributed by atoms with van der Waals surface area (Å²) in [7, 11) is 0. The van der Waals surface area contributed by atoms with Crippen LogP contribution in [0.1, 0.15) is 36.0 Å². The lowest BCUT2D eigenvalue weighted by Gasteiger charge is -2.15. The number of pyridine rings is 1. The van der Waals surface area contributed by atoms with Gasteiger partial charge in [-0.05, 0) is 49.1 Å². The maximum Gasteiger partial charge on any atom is 0.250 e. The van der Waals surface area contributed by atoms with Crippen LogP contribution in [-0.4, -0.2) is 17.4 Å². The summed E-state index contributed by atoms with van der Waals surface area (Å²) in [6.07, 6.45) is 7.03. The average molecular weight is 231 g/mol. The lowest BCUT2D eigenvalue weighted by molar-refractivity contribution is 0.1000. The number of rotatable bonds is 5. The van der Waals surface area contributed by atoms with E-state index >= 15 is 0 Å². The first-order valence-corrected chi connectivity index (χ1v) is 6.19. The fourth-order valence-electron chi connectivity index (χ4n) is 2.50. The zero-order valence-corrected chi connectivity index (χ0v) is 9.78. The summed E-state index contributed by atoms with van der Waals surface area (Å²) in [6.45, 7) is 1.01. The van der Waals surface area contributed by atoms with Gasteiger partial charge in [-0.2, -0.15) is 0 Å². The second-order valence-corrected chi connectivity index (χ2v) is 5.29. The van der Waals surface area contributed by atoms with Crippen molar-refractivity contribution in [1.82, 2.24) is 4.98 Å². The molecule has 0 radical (unpaired) electrons. The molecule has 4 nitrogen and oxygen atoms in total. The molecule has 2 saturated carbocycles. The first kappa shape index (κ1) is 10.6. The summed E-state index contributed by atoms with van der Waals surface area (Å²) in [4.78, 5) is 15.1. The number of hydrogen-bond donors (Lipinski definition) is 2. The van der Waals surface area contributed by atoms with Gasteiger partial charge in [0.25, 0.3) is 0 Å². The van der Waals surface area contributed by atoms with E-state index in [2.05, 4.69) is 10.3 Å². The van der Waals surface area contributed by atoms with E-state index in [1.54, 1.807) is 6.07 Å². The highest BCUT2D eigenvalue weighted by atomic mass is 16.1. The number of carbonyl (C=O) groups is 1. The molecular weight excluding hydrogens is 214 g/mol. The third-order valence-electron chi connectivity index (χ3n) is 4.01. The molecule has 0 saturated heterocycles. The van der Waals surface area contributed by atoms with Crippen molar-refractivity contribution in [2.24, 2.45) is 17.1 Å². The van der Waals surface area contributed by atoms with Crippen LogP contribution in [0.4, 0.5) is 5.82 Å². The Morgan fingerprint density at radius 1 is 1.47 bits per heavy atom. The summed E-state index contributed by atoms with van der Waals surface area (Å²) in [5, 5.41) is 3.37. The predicted octanol–water partition coefficient (Wildman–Crippen LogP) is 1.78. The van der Waals surface area contributed by atoms with E-state index in [4.69, 9.17) is 5.73 Å². The second-order valence-electron chi connectivity index (χ2n) is 5.29. The molecule has 0 aliphatic heterocycles. The Labute approximate surface area is 101 Å². The molecule has 2 aliphatic rings. The van der Waals surface area contributed by atoms with E-state index < -0.39 is 5.91 Å². The van der Waals surface area contributed by atoms with Crippen molar-refractivity contribution < 1.29 is 4.79 Å². The van der Waals surface area contributed by atoms with Gasteiger partial charge in [0, 0.05) is 12.7 Å². The van der Waals surface area contributed by atoms with Gasteiger partial charge in [-0.3, -0.25) is 4.79 Å². The van der Waals surface area contributed by atoms with Crippen molar-refractivity contribution in [3.8, 4) is 0 Å². The Kier molecular flexibility index (Phi) is 2.31. The topological polar surface area (TPSA) is 68.0 Å². The molecule has 0 bridgehead atoms. The molecule has 90 valence electrons. The quantitative estimate of drug-likeness (QED) is 0.811. The Bertz CT molecular complexity index is 432. The standard InChI is InChI=1S/C13H17N3O/c14-12(17)9-1-4-11(15-7-9)16-8-13(5-6-13)10-2-3-10/h1,4,7,10H,2-3,5-6,8H2,(H2,14,17)(H,15,16). The fourth-order valence-corrected chi connectivity index (χ4v) is 2.50. The number of nitrogens with one attached hydrogen (secondary N) is 1. The van der Waals surface area contributed by atoms with Crippen LogP contribution >= 0.6 is 0 Å². The van der Waals surface area contributed by atoms with Crippen molar-refractivity contribution >= 4 is 11.7 Å². The maximum atomic E-state index is 10.9. The Morgan fingerprint density at radius 3 is 2.71 bits per heavy atom. The molecule has 1 amide bonds. The molecule has 0 aromatic carbocycles. The van der Waals surface area contributed by atoms with Crippen molar-refractivity contribution in [3.05, 3.63) is 23.9 Å². The maximum absolute atomic E-state index is 10.9. The zero-order valence-electron chi connectivity index (χ0n) is 9.78. The lowest BCUT2D eigenvalue weighted by Crippen LogP contribution is -2.18. The highest BCUT2D eigenvalue weighted by Gasteiger charge is 2.53. The van der Waals surface area contributed by atoms with E-state index in [9.17, 15) is 4.79 Å². The average Bonchev–Trinajstić information content (AvgIpc) is 3.17. The van der Waals surface area contributed by atoms with Gasteiger partial charge < -0.3 is 11.1 Å². The van der Waals surface area contributed by atoms with Crippen LogP contribution < -0.4 is 11.1 Å². The summed E-state index contributed by atoms with van der Waals surface area (Å²) >= 11 is 0. The summed E-state index contributed by atoms with van der Waals surface area (Å²) in [5.74, 6) is 1.35. The summed E-state index contributed by atoms with van der Waals surface area (Å²) < 4.78 is 0. The number of amides is 1. The molecule has 0 atom stereocenters. The summed E-state index contributed by atoms with van der Waals surface area (Å²) in [5.41, 5.74) is 6.18. The first-order chi connectivity index (χ1) is 8.20. The minimum Gasteiger partial charge on any atom is -0.370 e. The Balaban J connectivity index is 1.59. The van der Waals surface area contributed by atoms with Crippen molar-refractivity contribution in [2.45, 2.75) is 25.7 Å². The van der Waals surface area contributed by atoms with Crippen LogP contribution in [0.5, 0.6) is 0 Å². The van der Waals surface area contributed by atoms with E-state index in [0.29, 0.717) is 11.0 Å². The number of anilines is 1. The monoisotopic (exact) mass is 231 g/mol. The molecule has 0 spiro atoms. The molecule has 0 unspecified atom stereocenters. The van der Waals surface area contributed by atoms with Crippen LogP contribution in [0.25, 0.3) is 0 Å². The molecule has 4 heteroatoms. The molecule has 1 aromatic heterocycles. The predicted molar refractivity (Wildman–Crippen MR) is 65.6 cm³/mol. The lowest BCUT2D eigenvalue weighted by atomic mass is 10.0. The largest absolute Gasteiger partial charge is 0.370 e. The second kappa shape index (κ2) is 3.72. The molecule has 3 rings (SSSR count). The zero-order chi connectivity index (χ0) is 11.9. The molecule has 1 aromatic rings. The van der Waals surface area contributed by atoms with Crippen LogP contribution in [0.3, 0.4) is 0 Å². The van der Waals surface area contributed by atoms with Gasteiger partial charge in [0.05, 0.1) is 5.56 Å². The van der Waals surface area contributed by atoms with Crippen LogP contribution in [0, 0.1) is 11.3 Å². The first-order valence-electron chi connectivity index (χ1n) is 6.19. The van der Waals surface area contributed by atoms with Gasteiger partial charge in [0.1, 0.15) is 5.82 Å². The normalized spacial score (nSPS) is 20.9. The van der Waals surface area contributed by atoms with E-state index in [1.807, 2.05) is 6.07 Å². The van der Waals surface area contributed by atoms with Gasteiger partial charge >= 0.3 is 0 Å². The molecular formula is C13H17N3O. The number of aromatic nitrogens is 1. The van der Waals surface area contributed by atoms with Gasteiger partial charge in [-0.1, -0.05) is 0 Å². The SMILES string of the molecule is NC(=O)c1ccc(NCC2(C3CC3)CC2)nc1. The highest BCUT2D eigenvalue weighted by molar-refractivity contribution is 5.92. The molecule has 2 aliphatic carbocycles. The van der Waals surface area contributed by atoms with E-state index in [1.165, 1.54) is 31.9 Å². The van der Waals surface area contributed by atoms with E-state index in [-0.39, 0.29) is 0 Å². The fraction of sp³-hybridized carbons (Fsp3) is 0.538. The highest BCUT2D eigenvalue weighted by Crippen LogP contribution is 2.61. The minimum atomic E-state index is -0.430. The molecule has 2 fully saturated rings. The Hall–Kier alpha value is -1.58. The molecule has 3 N–H and O–H groups in total. The van der Waals surface area contributed by atoms with Crippen molar-refractivity contribution in [3.63, 3.8) is 0 Å². The van der Waals surface area contributed by atoms with Crippen LogP contribution in [-0.2, 0) is 0 Å².